The Bertz CT molecular complexity index is 877. The number of aromatic nitrogens is 4. The minimum absolute atomic E-state index is 0.206. The van der Waals surface area contributed by atoms with Gasteiger partial charge in [0.05, 0.1) is 24.0 Å². The number of fused-ring (bicyclic) bond motifs is 1. The Morgan fingerprint density at radius 2 is 2.21 bits per heavy atom. The van der Waals surface area contributed by atoms with Gasteiger partial charge in [-0.2, -0.15) is 0 Å². The molecule has 0 aromatic carbocycles. The van der Waals surface area contributed by atoms with E-state index in [1.165, 1.54) is 28.0 Å². The number of hydrogen-bond acceptors (Lipinski definition) is 8. The summed E-state index contributed by atoms with van der Waals surface area (Å²) in [6, 6.07) is 0. The highest BCUT2D eigenvalue weighted by Crippen LogP contribution is 2.39. The molecule has 0 spiro atoms. The third-order valence-corrected chi connectivity index (χ3v) is 6.62. The lowest BCUT2D eigenvalue weighted by Gasteiger charge is -2.13. The number of tetrazole rings is 1. The quantitative estimate of drug-likeness (QED) is 0.397. The number of nitrogens with zero attached hydrogens (tertiary/aromatic N) is 4. The first-order chi connectivity index (χ1) is 13.5. The van der Waals surface area contributed by atoms with Crippen molar-refractivity contribution in [1.29, 1.82) is 0 Å². The fourth-order valence-corrected chi connectivity index (χ4v) is 5.09. The normalized spacial score (nSPS) is 14.2. The van der Waals surface area contributed by atoms with Gasteiger partial charge in [0.1, 0.15) is 5.00 Å². The molecule has 0 saturated carbocycles. The molecule has 1 aliphatic carbocycles. The molecule has 1 unspecified atom stereocenters. The average molecular weight is 422 g/mol. The van der Waals surface area contributed by atoms with E-state index in [4.69, 9.17) is 4.74 Å². The third-order valence-electron chi connectivity index (χ3n) is 4.34. The van der Waals surface area contributed by atoms with Gasteiger partial charge < -0.3 is 10.1 Å². The predicted molar refractivity (Wildman–Crippen MR) is 109 cm³/mol. The van der Waals surface area contributed by atoms with Crippen molar-refractivity contribution in [3.05, 3.63) is 28.7 Å². The molecule has 1 amide bonds. The molecule has 0 fully saturated rings. The molecular weight excluding hydrogens is 398 g/mol. The summed E-state index contributed by atoms with van der Waals surface area (Å²) in [6.07, 6.45) is 5.61. The molecule has 1 aliphatic rings. The number of rotatable bonds is 8. The van der Waals surface area contributed by atoms with Gasteiger partial charge in [0.15, 0.2) is 0 Å². The first-order valence-corrected chi connectivity index (χ1v) is 10.9. The lowest BCUT2D eigenvalue weighted by molar-refractivity contribution is -0.115. The number of amides is 1. The van der Waals surface area contributed by atoms with Crippen LogP contribution in [0.3, 0.4) is 0 Å². The molecule has 0 saturated heterocycles. The van der Waals surface area contributed by atoms with Gasteiger partial charge in [-0.05, 0) is 55.5 Å². The number of aryl methyl sites for hydroxylation is 1. The van der Waals surface area contributed by atoms with Crippen LogP contribution in [0.1, 0.15) is 47.5 Å². The summed E-state index contributed by atoms with van der Waals surface area (Å²) >= 11 is 2.74. The van der Waals surface area contributed by atoms with Crippen molar-refractivity contribution in [2.75, 3.05) is 11.9 Å². The Morgan fingerprint density at radius 3 is 2.96 bits per heavy atom. The van der Waals surface area contributed by atoms with Crippen molar-refractivity contribution in [2.45, 2.75) is 56.5 Å². The van der Waals surface area contributed by atoms with Gasteiger partial charge in [-0.15, -0.1) is 23.0 Å². The highest BCUT2D eigenvalue weighted by atomic mass is 32.2. The van der Waals surface area contributed by atoms with Crippen molar-refractivity contribution in [3.63, 3.8) is 0 Å². The third kappa shape index (κ3) is 4.44. The number of hydrogen-bond donors (Lipinski definition) is 1. The Kier molecular flexibility index (Phi) is 6.84. The average Bonchev–Trinajstić information content (AvgIpc) is 3.26. The maximum Gasteiger partial charge on any atom is 0.341 e. The summed E-state index contributed by atoms with van der Waals surface area (Å²) in [5.41, 5.74) is 1.55. The van der Waals surface area contributed by atoms with Crippen LogP contribution in [0.4, 0.5) is 5.00 Å². The lowest BCUT2D eigenvalue weighted by Crippen LogP contribution is -2.24. The van der Waals surface area contributed by atoms with Crippen LogP contribution in [-0.4, -0.2) is 43.9 Å². The minimum Gasteiger partial charge on any atom is -0.462 e. The predicted octanol–water partition coefficient (Wildman–Crippen LogP) is 3.10. The number of ether oxygens (including phenoxy) is 1. The summed E-state index contributed by atoms with van der Waals surface area (Å²) in [4.78, 5) is 26.5. The molecule has 2 aromatic rings. The molecule has 2 aromatic heterocycles. The standard InChI is InChI=1S/C18H23N5O3S2/c1-4-10-23-18(20-21-22-23)27-11(3)15(24)19-16-14(17(25)26-5-2)12-8-6-7-9-13(12)28-16/h4,11H,1,5-10H2,2-3H3,(H,19,24). The summed E-state index contributed by atoms with van der Waals surface area (Å²) in [7, 11) is 0. The second-order valence-corrected chi connectivity index (χ2v) is 8.73. The van der Waals surface area contributed by atoms with E-state index in [9.17, 15) is 9.59 Å². The fraction of sp³-hybridized carbons (Fsp3) is 0.500. The van der Waals surface area contributed by atoms with Gasteiger partial charge in [-0.1, -0.05) is 17.8 Å². The van der Waals surface area contributed by atoms with E-state index in [0.717, 1.165) is 31.2 Å². The number of allylic oxidation sites excluding steroid dienone is 1. The zero-order chi connectivity index (χ0) is 20.1. The first-order valence-electron chi connectivity index (χ1n) is 9.21. The SMILES string of the molecule is C=CCn1nnnc1SC(C)C(=O)Nc1sc2c(c1C(=O)OCC)CCCC2. The zero-order valence-electron chi connectivity index (χ0n) is 15.9. The van der Waals surface area contributed by atoms with E-state index < -0.39 is 5.25 Å². The minimum atomic E-state index is -0.441. The molecule has 150 valence electrons. The molecule has 0 radical (unpaired) electrons. The Balaban J connectivity index is 1.77. The van der Waals surface area contributed by atoms with E-state index in [1.54, 1.807) is 24.6 Å². The Labute approximate surface area is 171 Å². The number of nitrogens with one attached hydrogen (secondary N) is 1. The second-order valence-electron chi connectivity index (χ2n) is 6.32. The molecule has 3 rings (SSSR count). The van der Waals surface area contributed by atoms with Crippen molar-refractivity contribution in [2.24, 2.45) is 0 Å². The Morgan fingerprint density at radius 1 is 1.43 bits per heavy atom. The Hall–Kier alpha value is -2.20. The van der Waals surface area contributed by atoms with Crippen LogP contribution in [0.2, 0.25) is 0 Å². The molecule has 0 aliphatic heterocycles. The smallest absolute Gasteiger partial charge is 0.341 e. The van der Waals surface area contributed by atoms with Crippen molar-refractivity contribution in [3.8, 4) is 0 Å². The van der Waals surface area contributed by atoms with Crippen LogP contribution in [0, 0.1) is 0 Å². The summed E-state index contributed by atoms with van der Waals surface area (Å²) < 4.78 is 6.81. The van der Waals surface area contributed by atoms with E-state index in [1.807, 2.05) is 0 Å². The number of esters is 1. The molecule has 1 atom stereocenters. The zero-order valence-corrected chi connectivity index (χ0v) is 17.6. The number of carbonyl (C=O) groups is 2. The van der Waals surface area contributed by atoms with E-state index in [2.05, 4.69) is 27.4 Å². The lowest BCUT2D eigenvalue weighted by atomic mass is 9.95. The van der Waals surface area contributed by atoms with Gasteiger partial charge in [-0.25, -0.2) is 9.48 Å². The van der Waals surface area contributed by atoms with Crippen LogP contribution in [0.5, 0.6) is 0 Å². The van der Waals surface area contributed by atoms with Gasteiger partial charge >= 0.3 is 5.97 Å². The maximum atomic E-state index is 12.8. The van der Waals surface area contributed by atoms with Crippen molar-refractivity contribution < 1.29 is 14.3 Å². The van der Waals surface area contributed by atoms with Crippen molar-refractivity contribution in [1.82, 2.24) is 20.2 Å². The molecule has 0 bridgehead atoms. The molecular formula is C18H23N5O3S2. The summed E-state index contributed by atoms with van der Waals surface area (Å²) in [6.45, 7) is 8.00. The molecule has 1 N–H and O–H groups in total. The van der Waals surface area contributed by atoms with Crippen LogP contribution >= 0.6 is 23.1 Å². The van der Waals surface area contributed by atoms with Crippen molar-refractivity contribution >= 4 is 40.0 Å². The first kappa shape index (κ1) is 20.5. The van der Waals surface area contributed by atoms with Gasteiger partial charge in [0, 0.05) is 4.88 Å². The summed E-state index contributed by atoms with van der Waals surface area (Å²) in [5, 5.41) is 15.1. The van der Waals surface area contributed by atoms with Crippen LogP contribution < -0.4 is 5.32 Å². The van der Waals surface area contributed by atoms with Crippen LogP contribution in [0.15, 0.2) is 17.8 Å². The second kappa shape index (κ2) is 9.33. The van der Waals surface area contributed by atoms with Crippen LogP contribution in [-0.2, 0) is 28.9 Å². The van der Waals surface area contributed by atoms with Gasteiger partial charge in [0.2, 0.25) is 11.1 Å². The highest BCUT2D eigenvalue weighted by molar-refractivity contribution is 8.00. The van der Waals surface area contributed by atoms with E-state index in [0.29, 0.717) is 28.9 Å². The molecule has 28 heavy (non-hydrogen) atoms. The maximum absolute atomic E-state index is 12.8. The van der Waals surface area contributed by atoms with E-state index >= 15 is 0 Å². The fourth-order valence-electron chi connectivity index (χ4n) is 3.02. The largest absolute Gasteiger partial charge is 0.462 e. The molecule has 8 nitrogen and oxygen atoms in total. The van der Waals surface area contributed by atoms with Crippen LogP contribution in [0.25, 0.3) is 0 Å². The monoisotopic (exact) mass is 421 g/mol. The number of thiophene rings is 1. The molecule has 10 heteroatoms. The van der Waals surface area contributed by atoms with Gasteiger partial charge in [-0.3, -0.25) is 4.79 Å². The number of anilines is 1. The summed E-state index contributed by atoms with van der Waals surface area (Å²) in [5.74, 6) is -0.574. The highest BCUT2D eigenvalue weighted by Gasteiger charge is 2.28. The topological polar surface area (TPSA) is 99.0 Å². The number of thioether (sulfide) groups is 1. The number of carbonyl (C=O) groups excluding carboxylic acids is 2. The molecule has 2 heterocycles. The van der Waals surface area contributed by atoms with Gasteiger partial charge in [0.25, 0.3) is 0 Å². The van der Waals surface area contributed by atoms with E-state index in [-0.39, 0.29) is 11.9 Å².